The van der Waals surface area contributed by atoms with Crippen LogP contribution in [0.3, 0.4) is 0 Å². The summed E-state index contributed by atoms with van der Waals surface area (Å²) in [5, 5.41) is 10.2. The predicted molar refractivity (Wildman–Crippen MR) is 73.5 cm³/mol. The standard InChI is InChI=1S/C15H15BrO2/c16-13-6-7-18-15(13)14(17)9-10-4-5-11-2-1-3-12(11)8-10/h4-8,14,17H,1-3,9H2. The molecule has 0 amide bonds. The van der Waals surface area contributed by atoms with Gasteiger partial charge < -0.3 is 9.52 Å². The summed E-state index contributed by atoms with van der Waals surface area (Å²) in [4.78, 5) is 0. The first-order valence-electron chi connectivity index (χ1n) is 6.25. The van der Waals surface area contributed by atoms with Crippen molar-refractivity contribution >= 4 is 15.9 Å². The summed E-state index contributed by atoms with van der Waals surface area (Å²) in [6.07, 6.45) is 5.22. The lowest BCUT2D eigenvalue weighted by Crippen LogP contribution is -2.01. The van der Waals surface area contributed by atoms with E-state index in [0.717, 1.165) is 4.47 Å². The first kappa shape index (κ1) is 12.0. The van der Waals surface area contributed by atoms with Gasteiger partial charge in [-0.2, -0.15) is 0 Å². The van der Waals surface area contributed by atoms with Crippen molar-refractivity contribution in [2.24, 2.45) is 0 Å². The topological polar surface area (TPSA) is 33.4 Å². The largest absolute Gasteiger partial charge is 0.465 e. The smallest absolute Gasteiger partial charge is 0.146 e. The molecule has 1 aliphatic rings. The molecular formula is C15H15BrO2. The van der Waals surface area contributed by atoms with Gasteiger partial charge in [0.15, 0.2) is 0 Å². The van der Waals surface area contributed by atoms with Crippen molar-refractivity contribution in [1.29, 1.82) is 0 Å². The van der Waals surface area contributed by atoms with E-state index >= 15 is 0 Å². The van der Waals surface area contributed by atoms with Crippen LogP contribution >= 0.6 is 15.9 Å². The van der Waals surface area contributed by atoms with Gasteiger partial charge in [-0.3, -0.25) is 0 Å². The van der Waals surface area contributed by atoms with Gasteiger partial charge in [0.25, 0.3) is 0 Å². The molecule has 1 atom stereocenters. The molecule has 3 rings (SSSR count). The molecule has 1 unspecified atom stereocenters. The zero-order valence-electron chi connectivity index (χ0n) is 10.0. The minimum atomic E-state index is -0.589. The third-order valence-corrected chi connectivity index (χ3v) is 4.19. The molecule has 1 aromatic carbocycles. The normalized spacial score (nSPS) is 15.7. The van der Waals surface area contributed by atoms with Crippen LogP contribution in [-0.4, -0.2) is 5.11 Å². The zero-order valence-corrected chi connectivity index (χ0v) is 11.6. The number of hydrogen-bond donors (Lipinski definition) is 1. The Morgan fingerprint density at radius 1 is 1.22 bits per heavy atom. The lowest BCUT2D eigenvalue weighted by molar-refractivity contribution is 0.149. The predicted octanol–water partition coefficient (Wildman–Crippen LogP) is 3.81. The highest BCUT2D eigenvalue weighted by atomic mass is 79.9. The number of fused-ring (bicyclic) bond motifs is 1. The second-order valence-corrected chi connectivity index (χ2v) is 5.66. The van der Waals surface area contributed by atoms with Crippen LogP contribution in [-0.2, 0) is 19.3 Å². The number of hydrogen-bond acceptors (Lipinski definition) is 2. The lowest BCUT2D eigenvalue weighted by Gasteiger charge is -2.10. The fourth-order valence-corrected chi connectivity index (χ4v) is 3.08. The Hall–Kier alpha value is -1.06. The number of aliphatic hydroxyl groups excluding tert-OH is 1. The molecule has 0 saturated carbocycles. The van der Waals surface area contributed by atoms with Crippen LogP contribution in [0, 0.1) is 0 Å². The van der Waals surface area contributed by atoms with Crippen molar-refractivity contribution in [1.82, 2.24) is 0 Å². The molecule has 0 spiro atoms. The monoisotopic (exact) mass is 306 g/mol. The first-order chi connectivity index (χ1) is 8.74. The maximum atomic E-state index is 10.2. The molecular weight excluding hydrogens is 292 g/mol. The molecule has 2 nitrogen and oxygen atoms in total. The lowest BCUT2D eigenvalue weighted by atomic mass is 10.0. The second kappa shape index (κ2) is 4.90. The molecule has 94 valence electrons. The van der Waals surface area contributed by atoms with Gasteiger partial charge in [-0.15, -0.1) is 0 Å². The van der Waals surface area contributed by atoms with Gasteiger partial charge in [-0.1, -0.05) is 18.2 Å². The minimum Gasteiger partial charge on any atom is -0.465 e. The summed E-state index contributed by atoms with van der Waals surface area (Å²) >= 11 is 3.38. The van der Waals surface area contributed by atoms with Crippen molar-refractivity contribution in [3.63, 3.8) is 0 Å². The summed E-state index contributed by atoms with van der Waals surface area (Å²) in [7, 11) is 0. The Balaban J connectivity index is 1.79. The first-order valence-corrected chi connectivity index (χ1v) is 7.05. The van der Waals surface area contributed by atoms with E-state index in [9.17, 15) is 5.11 Å². The Kier molecular flexibility index (Phi) is 3.27. The molecule has 1 aromatic heterocycles. The van der Waals surface area contributed by atoms with Crippen molar-refractivity contribution in [3.8, 4) is 0 Å². The summed E-state index contributed by atoms with van der Waals surface area (Å²) in [5.74, 6) is 0.607. The summed E-state index contributed by atoms with van der Waals surface area (Å²) in [5.41, 5.74) is 4.08. The van der Waals surface area contributed by atoms with E-state index in [-0.39, 0.29) is 0 Å². The van der Waals surface area contributed by atoms with Crippen LogP contribution in [0.1, 0.15) is 35.0 Å². The van der Waals surface area contributed by atoms with E-state index in [1.807, 2.05) is 0 Å². The van der Waals surface area contributed by atoms with Gasteiger partial charge in [0.1, 0.15) is 11.9 Å². The molecule has 0 bridgehead atoms. The molecule has 1 aliphatic carbocycles. The van der Waals surface area contributed by atoms with Crippen molar-refractivity contribution < 1.29 is 9.52 Å². The van der Waals surface area contributed by atoms with Crippen LogP contribution in [0.4, 0.5) is 0 Å². The Morgan fingerprint density at radius 3 is 2.83 bits per heavy atom. The second-order valence-electron chi connectivity index (χ2n) is 4.81. The molecule has 3 heteroatoms. The highest BCUT2D eigenvalue weighted by Crippen LogP contribution is 2.29. The Morgan fingerprint density at radius 2 is 2.06 bits per heavy atom. The SMILES string of the molecule is OC(Cc1ccc2c(c1)CCC2)c1occc1Br. The van der Waals surface area contributed by atoms with Crippen LogP contribution < -0.4 is 0 Å². The van der Waals surface area contributed by atoms with Gasteiger partial charge in [0, 0.05) is 6.42 Å². The van der Waals surface area contributed by atoms with Gasteiger partial charge in [0.2, 0.25) is 0 Å². The van der Waals surface area contributed by atoms with Crippen LogP contribution in [0.15, 0.2) is 39.4 Å². The van der Waals surface area contributed by atoms with Crippen LogP contribution in [0.2, 0.25) is 0 Å². The molecule has 0 radical (unpaired) electrons. The van der Waals surface area contributed by atoms with E-state index in [2.05, 4.69) is 34.1 Å². The van der Waals surface area contributed by atoms with Crippen molar-refractivity contribution in [2.45, 2.75) is 31.8 Å². The average Bonchev–Trinajstić information content (AvgIpc) is 2.96. The van der Waals surface area contributed by atoms with Crippen molar-refractivity contribution in [2.75, 3.05) is 0 Å². The minimum absolute atomic E-state index is 0.589. The van der Waals surface area contributed by atoms with E-state index in [0.29, 0.717) is 12.2 Å². The summed E-state index contributed by atoms with van der Waals surface area (Å²) in [6.45, 7) is 0. The van der Waals surface area contributed by atoms with E-state index in [4.69, 9.17) is 4.42 Å². The van der Waals surface area contributed by atoms with Gasteiger partial charge in [-0.05, 0) is 57.9 Å². The molecule has 0 fully saturated rings. The van der Waals surface area contributed by atoms with Crippen LogP contribution in [0.5, 0.6) is 0 Å². The molecule has 0 saturated heterocycles. The molecule has 1 N–H and O–H groups in total. The van der Waals surface area contributed by atoms with Gasteiger partial charge in [0.05, 0.1) is 10.7 Å². The highest BCUT2D eigenvalue weighted by Gasteiger charge is 2.17. The van der Waals surface area contributed by atoms with E-state index < -0.39 is 6.10 Å². The number of furan rings is 1. The van der Waals surface area contributed by atoms with Gasteiger partial charge >= 0.3 is 0 Å². The fourth-order valence-electron chi connectivity index (χ4n) is 2.61. The highest BCUT2D eigenvalue weighted by molar-refractivity contribution is 9.10. The molecule has 0 aliphatic heterocycles. The number of halogens is 1. The van der Waals surface area contributed by atoms with Crippen molar-refractivity contribution in [3.05, 3.63) is 57.5 Å². The Bertz CT molecular complexity index is 559. The number of aliphatic hydroxyl groups is 1. The molecule has 1 heterocycles. The van der Waals surface area contributed by atoms with Gasteiger partial charge in [-0.25, -0.2) is 0 Å². The van der Waals surface area contributed by atoms with Crippen LogP contribution in [0.25, 0.3) is 0 Å². The third kappa shape index (κ3) is 2.25. The van der Waals surface area contributed by atoms with E-state index in [1.54, 1.807) is 12.3 Å². The summed E-state index contributed by atoms with van der Waals surface area (Å²) < 4.78 is 6.12. The number of benzene rings is 1. The maximum absolute atomic E-state index is 10.2. The quantitative estimate of drug-likeness (QED) is 0.935. The zero-order chi connectivity index (χ0) is 12.5. The van der Waals surface area contributed by atoms with E-state index in [1.165, 1.54) is 36.0 Å². The number of aryl methyl sites for hydroxylation is 2. The maximum Gasteiger partial charge on any atom is 0.146 e. The summed E-state index contributed by atoms with van der Waals surface area (Å²) in [6, 6.07) is 8.34. The fraction of sp³-hybridized carbons (Fsp3) is 0.333. The third-order valence-electron chi connectivity index (χ3n) is 3.54. The molecule has 18 heavy (non-hydrogen) atoms. The average molecular weight is 307 g/mol. The molecule has 2 aromatic rings. The number of rotatable bonds is 3. The Labute approximate surface area is 115 Å².